The third kappa shape index (κ3) is 2.77. The van der Waals surface area contributed by atoms with Gasteiger partial charge in [-0.1, -0.05) is 12.1 Å². The van der Waals surface area contributed by atoms with Crippen LogP contribution in [0.4, 0.5) is 5.69 Å². The summed E-state index contributed by atoms with van der Waals surface area (Å²) >= 11 is 0. The molecule has 1 saturated heterocycles. The molecule has 92 valence electrons. The van der Waals surface area contributed by atoms with Crippen LogP contribution in [-0.2, 0) is 9.53 Å². The average molecular weight is 234 g/mol. The van der Waals surface area contributed by atoms with Crippen molar-refractivity contribution in [2.75, 3.05) is 32.0 Å². The molecule has 1 atom stereocenters. The van der Waals surface area contributed by atoms with E-state index in [-0.39, 0.29) is 11.8 Å². The number of carbonyl (C=O) groups excluding carboxylic acids is 1. The van der Waals surface area contributed by atoms with Crippen LogP contribution in [0.1, 0.15) is 18.4 Å². The summed E-state index contributed by atoms with van der Waals surface area (Å²) < 4.78 is 5.24. The first-order valence-electron chi connectivity index (χ1n) is 5.90. The van der Waals surface area contributed by atoms with Gasteiger partial charge in [0.2, 0.25) is 5.91 Å². The molecule has 1 unspecified atom stereocenters. The second kappa shape index (κ2) is 5.19. The van der Waals surface area contributed by atoms with Crippen molar-refractivity contribution in [2.24, 2.45) is 0 Å². The van der Waals surface area contributed by atoms with Crippen LogP contribution in [0.15, 0.2) is 24.3 Å². The van der Waals surface area contributed by atoms with Crippen LogP contribution in [-0.4, -0.2) is 37.1 Å². The molecule has 0 bridgehead atoms. The number of nitrogens with zero attached hydrogens (tertiary/aromatic N) is 1. The fourth-order valence-corrected chi connectivity index (χ4v) is 1.98. The zero-order valence-corrected chi connectivity index (χ0v) is 10.1. The molecule has 0 saturated carbocycles. The number of nitrogen functional groups attached to an aromatic ring is 1. The lowest BCUT2D eigenvalue weighted by Gasteiger charge is -2.29. The molecule has 1 aromatic carbocycles. The van der Waals surface area contributed by atoms with Crippen molar-refractivity contribution < 1.29 is 9.53 Å². The maximum absolute atomic E-state index is 12.2. The Balaban J connectivity index is 2.05. The van der Waals surface area contributed by atoms with Crippen molar-refractivity contribution in [3.05, 3.63) is 29.8 Å². The number of hydrogen-bond donors (Lipinski definition) is 1. The fraction of sp³-hybridized carbons (Fsp3) is 0.462. The van der Waals surface area contributed by atoms with Crippen molar-refractivity contribution in [3.63, 3.8) is 0 Å². The van der Waals surface area contributed by atoms with Crippen LogP contribution in [0.2, 0.25) is 0 Å². The van der Waals surface area contributed by atoms with E-state index in [0.717, 1.165) is 11.3 Å². The Labute approximate surface area is 101 Å². The Kier molecular flexibility index (Phi) is 3.64. The highest BCUT2D eigenvalue weighted by molar-refractivity contribution is 5.83. The predicted octanol–water partition coefficient (Wildman–Crippen LogP) is 1.23. The Morgan fingerprint density at radius 1 is 1.29 bits per heavy atom. The highest BCUT2D eigenvalue weighted by Gasteiger charge is 2.23. The van der Waals surface area contributed by atoms with Crippen LogP contribution in [0.25, 0.3) is 0 Å². The van der Waals surface area contributed by atoms with Crippen LogP contribution in [0.5, 0.6) is 0 Å². The van der Waals surface area contributed by atoms with E-state index in [1.54, 1.807) is 0 Å². The van der Waals surface area contributed by atoms with Crippen LogP contribution >= 0.6 is 0 Å². The van der Waals surface area contributed by atoms with E-state index in [1.807, 2.05) is 36.1 Å². The summed E-state index contributed by atoms with van der Waals surface area (Å²) in [6, 6.07) is 7.49. The molecule has 4 heteroatoms. The van der Waals surface area contributed by atoms with Gasteiger partial charge in [-0.05, 0) is 24.6 Å². The third-order valence-corrected chi connectivity index (χ3v) is 3.13. The normalized spacial score (nSPS) is 17.8. The second-order valence-corrected chi connectivity index (χ2v) is 4.33. The van der Waals surface area contributed by atoms with Crippen LogP contribution in [0.3, 0.4) is 0 Å². The van der Waals surface area contributed by atoms with Crippen LogP contribution in [0, 0.1) is 0 Å². The zero-order chi connectivity index (χ0) is 12.3. The van der Waals surface area contributed by atoms with Gasteiger partial charge in [-0.15, -0.1) is 0 Å². The molecule has 2 rings (SSSR count). The van der Waals surface area contributed by atoms with Crippen molar-refractivity contribution in [1.29, 1.82) is 0 Å². The van der Waals surface area contributed by atoms with E-state index >= 15 is 0 Å². The summed E-state index contributed by atoms with van der Waals surface area (Å²) in [5, 5.41) is 0. The maximum atomic E-state index is 12.2. The second-order valence-electron chi connectivity index (χ2n) is 4.33. The molecule has 1 aliphatic heterocycles. The highest BCUT2D eigenvalue weighted by Crippen LogP contribution is 2.19. The minimum absolute atomic E-state index is 0.117. The van der Waals surface area contributed by atoms with E-state index in [1.165, 1.54) is 0 Å². The molecular formula is C13H18N2O2. The standard InChI is InChI=1S/C13H18N2O2/c1-10(11-2-4-12(14)5-3-11)13(16)15-6-8-17-9-7-15/h2-5,10H,6-9,14H2,1H3. The number of ether oxygens (including phenoxy) is 1. The van der Waals surface area contributed by atoms with Crippen molar-refractivity contribution >= 4 is 11.6 Å². The molecule has 4 nitrogen and oxygen atoms in total. The van der Waals surface area contributed by atoms with Crippen molar-refractivity contribution in [3.8, 4) is 0 Å². The van der Waals surface area contributed by atoms with Gasteiger partial charge in [-0.2, -0.15) is 0 Å². The molecule has 0 aliphatic carbocycles. The number of hydrogen-bond acceptors (Lipinski definition) is 3. The van der Waals surface area contributed by atoms with Gasteiger partial charge in [0.15, 0.2) is 0 Å². The molecule has 1 amide bonds. The number of benzene rings is 1. The minimum atomic E-state index is -0.117. The topological polar surface area (TPSA) is 55.6 Å². The van der Waals surface area contributed by atoms with Crippen molar-refractivity contribution in [2.45, 2.75) is 12.8 Å². The quantitative estimate of drug-likeness (QED) is 0.783. The maximum Gasteiger partial charge on any atom is 0.229 e. The number of nitrogens with two attached hydrogens (primary N) is 1. The molecule has 1 heterocycles. The number of rotatable bonds is 2. The summed E-state index contributed by atoms with van der Waals surface area (Å²) in [6.45, 7) is 4.60. The fourth-order valence-electron chi connectivity index (χ4n) is 1.98. The van der Waals surface area contributed by atoms with E-state index in [9.17, 15) is 4.79 Å². The monoisotopic (exact) mass is 234 g/mol. The molecule has 17 heavy (non-hydrogen) atoms. The van der Waals surface area contributed by atoms with Gasteiger partial charge in [0.05, 0.1) is 19.1 Å². The van der Waals surface area contributed by atoms with E-state index < -0.39 is 0 Å². The molecule has 2 N–H and O–H groups in total. The SMILES string of the molecule is CC(C(=O)N1CCOCC1)c1ccc(N)cc1. The molecule has 0 spiro atoms. The molecule has 1 aliphatic rings. The summed E-state index contributed by atoms with van der Waals surface area (Å²) in [5.74, 6) is 0.0479. The Morgan fingerprint density at radius 2 is 1.88 bits per heavy atom. The number of carbonyl (C=O) groups is 1. The average Bonchev–Trinajstić information content (AvgIpc) is 2.39. The smallest absolute Gasteiger partial charge is 0.229 e. The van der Waals surface area contributed by atoms with Crippen molar-refractivity contribution in [1.82, 2.24) is 4.90 Å². The summed E-state index contributed by atoms with van der Waals surface area (Å²) in [5.41, 5.74) is 7.37. The Hall–Kier alpha value is -1.55. The minimum Gasteiger partial charge on any atom is -0.399 e. The molecular weight excluding hydrogens is 216 g/mol. The zero-order valence-electron chi connectivity index (χ0n) is 10.1. The van der Waals surface area contributed by atoms with Gasteiger partial charge in [-0.3, -0.25) is 4.79 Å². The molecule has 0 aromatic heterocycles. The summed E-state index contributed by atoms with van der Waals surface area (Å²) in [4.78, 5) is 14.1. The van der Waals surface area contributed by atoms with Gasteiger partial charge in [-0.25, -0.2) is 0 Å². The number of morpholine rings is 1. The van der Waals surface area contributed by atoms with E-state index in [0.29, 0.717) is 26.3 Å². The lowest BCUT2D eigenvalue weighted by atomic mass is 9.99. The van der Waals surface area contributed by atoms with Gasteiger partial charge in [0, 0.05) is 18.8 Å². The Morgan fingerprint density at radius 3 is 2.47 bits per heavy atom. The third-order valence-electron chi connectivity index (χ3n) is 3.13. The largest absolute Gasteiger partial charge is 0.399 e. The lowest BCUT2D eigenvalue weighted by molar-refractivity contribution is -0.136. The molecule has 1 aromatic rings. The van der Waals surface area contributed by atoms with E-state index in [2.05, 4.69) is 0 Å². The number of anilines is 1. The summed E-state index contributed by atoms with van der Waals surface area (Å²) in [7, 11) is 0. The number of amides is 1. The van der Waals surface area contributed by atoms with Gasteiger partial charge in [0.1, 0.15) is 0 Å². The van der Waals surface area contributed by atoms with E-state index in [4.69, 9.17) is 10.5 Å². The van der Waals surface area contributed by atoms with Gasteiger partial charge in [0.25, 0.3) is 0 Å². The highest BCUT2D eigenvalue weighted by atomic mass is 16.5. The van der Waals surface area contributed by atoms with Gasteiger partial charge < -0.3 is 15.4 Å². The summed E-state index contributed by atoms with van der Waals surface area (Å²) in [6.07, 6.45) is 0. The van der Waals surface area contributed by atoms with Gasteiger partial charge >= 0.3 is 0 Å². The Bertz CT molecular complexity index is 383. The molecule has 0 radical (unpaired) electrons. The predicted molar refractivity (Wildman–Crippen MR) is 66.7 cm³/mol. The lowest BCUT2D eigenvalue weighted by Crippen LogP contribution is -2.42. The first kappa shape index (κ1) is 11.9. The first-order valence-corrected chi connectivity index (χ1v) is 5.90. The van der Waals surface area contributed by atoms with Crippen LogP contribution < -0.4 is 5.73 Å². The first-order chi connectivity index (χ1) is 8.18. The molecule has 1 fully saturated rings.